The summed E-state index contributed by atoms with van der Waals surface area (Å²) < 4.78 is 20.6. The third-order valence-electron chi connectivity index (χ3n) is 2.82. The Kier molecular flexibility index (Phi) is 6.14. The van der Waals surface area contributed by atoms with Gasteiger partial charge in [0.15, 0.2) is 24.5 Å². The van der Waals surface area contributed by atoms with Gasteiger partial charge in [0, 0.05) is 25.7 Å². The van der Waals surface area contributed by atoms with Crippen LogP contribution in [0.25, 0.3) is 10.4 Å². The van der Waals surface area contributed by atoms with Crippen LogP contribution in [0, 0.1) is 0 Å². The summed E-state index contributed by atoms with van der Waals surface area (Å²) in [6.07, 6.45) is -5.33. The molecule has 0 aromatic rings. The van der Waals surface area contributed by atoms with E-state index in [1.54, 1.807) is 6.92 Å². The van der Waals surface area contributed by atoms with E-state index >= 15 is 0 Å². The number of azide groups is 1. The van der Waals surface area contributed by atoms with Crippen LogP contribution in [0.3, 0.4) is 0 Å². The number of hydrogen-bond acceptors (Lipinski definition) is 8. The first-order valence-electron chi connectivity index (χ1n) is 6.47. The Morgan fingerprint density at radius 2 is 1.41 bits per heavy atom. The molecule has 10 heteroatoms. The summed E-state index contributed by atoms with van der Waals surface area (Å²) in [6.45, 7) is 5.01. The van der Waals surface area contributed by atoms with E-state index in [-0.39, 0.29) is 0 Å². The van der Waals surface area contributed by atoms with Gasteiger partial charge in [0.25, 0.3) is 0 Å². The minimum Gasteiger partial charge on any atom is -0.456 e. The molecule has 1 rings (SSSR count). The number of carbonyl (C=O) groups is 3. The molecule has 1 fully saturated rings. The van der Waals surface area contributed by atoms with Crippen molar-refractivity contribution in [3.05, 3.63) is 10.4 Å². The molecule has 1 aliphatic rings. The van der Waals surface area contributed by atoms with Crippen molar-refractivity contribution < 1.29 is 33.3 Å². The molecular weight excluding hydrogens is 298 g/mol. The molecule has 1 aliphatic heterocycles. The fraction of sp³-hybridized carbons (Fsp3) is 0.750. The van der Waals surface area contributed by atoms with Crippen LogP contribution >= 0.6 is 0 Å². The van der Waals surface area contributed by atoms with Crippen molar-refractivity contribution in [2.75, 3.05) is 0 Å². The van der Waals surface area contributed by atoms with Crippen molar-refractivity contribution >= 4 is 17.9 Å². The fourth-order valence-electron chi connectivity index (χ4n) is 2.13. The van der Waals surface area contributed by atoms with Crippen LogP contribution in [0.2, 0.25) is 0 Å². The molecule has 0 saturated carbocycles. The molecule has 0 amide bonds. The molecule has 0 radical (unpaired) electrons. The van der Waals surface area contributed by atoms with E-state index in [0.717, 1.165) is 13.8 Å². The van der Waals surface area contributed by atoms with Crippen LogP contribution in [0.15, 0.2) is 5.11 Å². The second kappa shape index (κ2) is 7.62. The molecule has 0 aliphatic carbocycles. The van der Waals surface area contributed by atoms with E-state index in [1.165, 1.54) is 6.92 Å². The zero-order chi connectivity index (χ0) is 16.9. The second-order valence-electron chi connectivity index (χ2n) is 4.66. The lowest BCUT2D eigenvalue weighted by atomic mass is 9.98. The maximum Gasteiger partial charge on any atom is 0.303 e. The van der Waals surface area contributed by atoms with Crippen molar-refractivity contribution in [2.45, 2.75) is 58.3 Å². The molecule has 0 aromatic heterocycles. The Bertz CT molecular complexity index is 503. The number of ether oxygens (including phenoxy) is 4. The Labute approximate surface area is 126 Å². The predicted octanol–water partition coefficient (Wildman–Crippen LogP) is 0.837. The first-order valence-corrected chi connectivity index (χ1v) is 6.47. The minimum atomic E-state index is -1.22. The third-order valence-corrected chi connectivity index (χ3v) is 2.82. The number of hydrogen-bond donors (Lipinski definition) is 0. The fourth-order valence-corrected chi connectivity index (χ4v) is 2.13. The minimum absolute atomic E-state index is 0.624. The largest absolute Gasteiger partial charge is 0.456 e. The van der Waals surface area contributed by atoms with Gasteiger partial charge in [-0.3, -0.25) is 14.4 Å². The van der Waals surface area contributed by atoms with Crippen LogP contribution in [-0.2, 0) is 33.3 Å². The monoisotopic (exact) mass is 315 g/mol. The number of nitrogens with zero attached hydrogens (tertiary/aromatic N) is 3. The van der Waals surface area contributed by atoms with Gasteiger partial charge in [-0.1, -0.05) is 5.11 Å². The van der Waals surface area contributed by atoms with Gasteiger partial charge in [-0.05, 0) is 12.5 Å². The highest BCUT2D eigenvalue weighted by Crippen LogP contribution is 2.29. The van der Waals surface area contributed by atoms with E-state index < -0.39 is 48.6 Å². The number of esters is 3. The van der Waals surface area contributed by atoms with E-state index in [4.69, 9.17) is 24.5 Å². The van der Waals surface area contributed by atoms with E-state index in [9.17, 15) is 14.4 Å². The first-order chi connectivity index (χ1) is 10.3. The smallest absolute Gasteiger partial charge is 0.303 e. The highest BCUT2D eigenvalue weighted by Gasteiger charge is 2.49. The average molecular weight is 315 g/mol. The van der Waals surface area contributed by atoms with E-state index in [0.29, 0.717) is 0 Å². The summed E-state index contributed by atoms with van der Waals surface area (Å²) in [7, 11) is 0. The summed E-state index contributed by atoms with van der Waals surface area (Å²) in [4.78, 5) is 36.4. The lowest BCUT2D eigenvalue weighted by molar-refractivity contribution is -0.242. The van der Waals surface area contributed by atoms with Crippen LogP contribution in [0.4, 0.5) is 0 Å². The van der Waals surface area contributed by atoms with Crippen molar-refractivity contribution in [1.82, 2.24) is 0 Å². The highest BCUT2D eigenvalue weighted by atomic mass is 16.6. The molecule has 10 nitrogen and oxygen atoms in total. The van der Waals surface area contributed by atoms with Gasteiger partial charge in [-0.15, -0.1) is 0 Å². The van der Waals surface area contributed by atoms with Gasteiger partial charge in [0.1, 0.15) is 0 Å². The van der Waals surface area contributed by atoms with Gasteiger partial charge in [-0.2, -0.15) is 0 Å². The SMILES string of the molecule is CC(=O)O[C@H]1[C@H](OC(C)=O)[C@@H](C)O[C@H](N=[N+]=[N-])[C@H]1OC(C)=O. The topological polar surface area (TPSA) is 137 Å². The predicted molar refractivity (Wildman–Crippen MR) is 70.1 cm³/mol. The Morgan fingerprint density at radius 1 is 0.955 bits per heavy atom. The van der Waals surface area contributed by atoms with E-state index in [1.807, 2.05) is 0 Å². The maximum absolute atomic E-state index is 11.3. The Morgan fingerprint density at radius 3 is 1.86 bits per heavy atom. The molecule has 0 unspecified atom stereocenters. The lowest BCUT2D eigenvalue weighted by Gasteiger charge is -2.42. The van der Waals surface area contributed by atoms with Gasteiger partial charge in [0.05, 0.1) is 6.10 Å². The van der Waals surface area contributed by atoms with Gasteiger partial charge >= 0.3 is 17.9 Å². The molecule has 1 heterocycles. The molecular formula is C12H17N3O7. The highest BCUT2D eigenvalue weighted by molar-refractivity contribution is 5.68. The van der Waals surface area contributed by atoms with Crippen molar-refractivity contribution in [3.63, 3.8) is 0 Å². The van der Waals surface area contributed by atoms with Crippen LogP contribution in [-0.4, -0.2) is 48.6 Å². The molecule has 1 saturated heterocycles. The molecule has 0 N–H and O–H groups in total. The summed E-state index contributed by atoms with van der Waals surface area (Å²) >= 11 is 0. The zero-order valence-corrected chi connectivity index (χ0v) is 12.6. The third kappa shape index (κ3) is 4.61. The van der Waals surface area contributed by atoms with Crippen molar-refractivity contribution in [2.24, 2.45) is 5.11 Å². The first kappa shape index (κ1) is 17.7. The quantitative estimate of drug-likeness (QED) is 0.246. The normalized spacial score (nSPS) is 30.6. The number of carbonyl (C=O) groups excluding carboxylic acids is 3. The molecule has 5 atom stereocenters. The summed E-state index contributed by atoms with van der Waals surface area (Å²) in [5.74, 6) is -1.99. The molecule has 0 bridgehead atoms. The second-order valence-corrected chi connectivity index (χ2v) is 4.66. The maximum atomic E-state index is 11.3. The summed E-state index contributed by atoms with van der Waals surface area (Å²) in [6, 6.07) is 0. The van der Waals surface area contributed by atoms with Gasteiger partial charge < -0.3 is 18.9 Å². The summed E-state index contributed by atoms with van der Waals surface area (Å²) in [5, 5.41) is 3.39. The van der Waals surface area contributed by atoms with Crippen LogP contribution in [0.1, 0.15) is 27.7 Å². The Balaban J connectivity index is 3.18. The van der Waals surface area contributed by atoms with Crippen molar-refractivity contribution in [3.8, 4) is 0 Å². The van der Waals surface area contributed by atoms with Crippen LogP contribution < -0.4 is 0 Å². The lowest BCUT2D eigenvalue weighted by Crippen LogP contribution is -2.59. The van der Waals surface area contributed by atoms with Gasteiger partial charge in [0.2, 0.25) is 0 Å². The standard InChI is InChI=1S/C12H17N3O7/c1-5-9(20-6(2)16)10(21-7(3)17)11(22-8(4)18)12(19-5)14-15-13/h5,9-12H,1-4H3/t5-,9-,10+,11+,12+/m1/s1. The molecule has 122 valence electrons. The molecule has 0 spiro atoms. The molecule has 22 heavy (non-hydrogen) atoms. The average Bonchev–Trinajstić information content (AvgIpc) is 2.37. The van der Waals surface area contributed by atoms with Crippen LogP contribution in [0.5, 0.6) is 0 Å². The zero-order valence-electron chi connectivity index (χ0n) is 12.6. The van der Waals surface area contributed by atoms with E-state index in [2.05, 4.69) is 10.0 Å². The molecule has 0 aromatic carbocycles. The Hall–Kier alpha value is -2.32. The van der Waals surface area contributed by atoms with Crippen molar-refractivity contribution in [1.29, 1.82) is 0 Å². The summed E-state index contributed by atoms with van der Waals surface area (Å²) in [5.41, 5.74) is 8.58. The number of rotatable bonds is 4. The van der Waals surface area contributed by atoms with Gasteiger partial charge in [-0.25, -0.2) is 0 Å².